The number of hydrogen-bond donors (Lipinski definition) is 0. The van der Waals surface area contributed by atoms with Crippen LogP contribution in [0.25, 0.3) is 0 Å². The molecule has 0 aliphatic carbocycles. The molecule has 0 amide bonds. The number of allylic oxidation sites excluding steroid dienone is 1. The van der Waals surface area contributed by atoms with Gasteiger partial charge in [0.05, 0.1) is 12.7 Å². The average Bonchev–Trinajstić information content (AvgIpc) is 2.10. The minimum absolute atomic E-state index is 0.486. The molecule has 0 aliphatic rings. The molecule has 0 aliphatic heterocycles. The molecule has 1 atom stereocenters. The quantitative estimate of drug-likeness (QED) is 0.419. The summed E-state index contributed by atoms with van der Waals surface area (Å²) in [5, 5.41) is 0. The minimum Gasteiger partial charge on any atom is -0.378 e. The van der Waals surface area contributed by atoms with Crippen molar-refractivity contribution in [2.24, 2.45) is 0 Å². The first-order valence-electron chi connectivity index (χ1n) is 5.07. The maximum atomic E-state index is 5.68. The molecule has 0 heterocycles. The van der Waals surface area contributed by atoms with Gasteiger partial charge in [-0.25, -0.2) is 0 Å². The summed E-state index contributed by atoms with van der Waals surface area (Å²) in [6, 6.07) is 0. The van der Waals surface area contributed by atoms with Crippen LogP contribution in [0.3, 0.4) is 0 Å². The van der Waals surface area contributed by atoms with E-state index in [1.165, 1.54) is 12.8 Å². The second-order valence-electron chi connectivity index (χ2n) is 3.05. The van der Waals surface area contributed by atoms with Crippen LogP contribution in [0.1, 0.15) is 46.5 Å². The molecule has 0 aromatic heterocycles. The summed E-state index contributed by atoms with van der Waals surface area (Å²) in [7, 11) is 0. The lowest BCUT2D eigenvalue weighted by molar-refractivity contribution is 0.0475. The van der Waals surface area contributed by atoms with Gasteiger partial charge in [-0.3, -0.25) is 0 Å². The van der Waals surface area contributed by atoms with Crippen LogP contribution in [-0.2, 0) is 4.74 Å². The van der Waals surface area contributed by atoms with Crippen LogP contribution in [0.4, 0.5) is 0 Å². The zero-order valence-electron chi connectivity index (χ0n) is 8.68. The normalized spacial score (nSPS) is 13.9. The van der Waals surface area contributed by atoms with Gasteiger partial charge in [0.1, 0.15) is 0 Å². The topological polar surface area (TPSA) is 9.23 Å². The SMILES string of the molecule is C/C=C\CCOC(CC)CCC. The van der Waals surface area contributed by atoms with Gasteiger partial charge in [-0.05, 0) is 26.2 Å². The molecule has 72 valence electrons. The van der Waals surface area contributed by atoms with E-state index < -0.39 is 0 Å². The first-order chi connectivity index (χ1) is 5.85. The summed E-state index contributed by atoms with van der Waals surface area (Å²) in [6.45, 7) is 7.32. The standard InChI is InChI=1S/C11H22O/c1-4-7-8-10-12-11(6-3)9-5-2/h4,7,11H,5-6,8-10H2,1-3H3/b7-4-. The van der Waals surface area contributed by atoms with E-state index in [2.05, 4.69) is 26.0 Å². The van der Waals surface area contributed by atoms with Crippen molar-refractivity contribution >= 4 is 0 Å². The van der Waals surface area contributed by atoms with Gasteiger partial charge in [-0.2, -0.15) is 0 Å². The van der Waals surface area contributed by atoms with Crippen LogP contribution >= 0.6 is 0 Å². The summed E-state index contributed by atoms with van der Waals surface area (Å²) in [5.74, 6) is 0. The lowest BCUT2D eigenvalue weighted by Crippen LogP contribution is -2.11. The lowest BCUT2D eigenvalue weighted by Gasteiger charge is -2.13. The molecule has 0 bridgehead atoms. The molecule has 1 heteroatoms. The van der Waals surface area contributed by atoms with Gasteiger partial charge in [-0.15, -0.1) is 0 Å². The number of ether oxygens (including phenoxy) is 1. The van der Waals surface area contributed by atoms with Crippen LogP contribution in [0, 0.1) is 0 Å². The van der Waals surface area contributed by atoms with Crippen molar-refractivity contribution < 1.29 is 4.74 Å². The summed E-state index contributed by atoms with van der Waals surface area (Å²) < 4.78 is 5.68. The van der Waals surface area contributed by atoms with E-state index in [0.717, 1.165) is 19.4 Å². The predicted molar refractivity (Wildman–Crippen MR) is 54.4 cm³/mol. The van der Waals surface area contributed by atoms with Crippen LogP contribution in [0.2, 0.25) is 0 Å². The van der Waals surface area contributed by atoms with E-state index >= 15 is 0 Å². The van der Waals surface area contributed by atoms with Gasteiger partial charge in [-0.1, -0.05) is 32.4 Å². The Labute approximate surface area is 76.8 Å². The van der Waals surface area contributed by atoms with Crippen molar-refractivity contribution in [2.45, 2.75) is 52.6 Å². The van der Waals surface area contributed by atoms with E-state index in [-0.39, 0.29) is 0 Å². The molecule has 1 nitrogen and oxygen atoms in total. The summed E-state index contributed by atoms with van der Waals surface area (Å²) in [6.07, 6.45) is 9.33. The van der Waals surface area contributed by atoms with Crippen molar-refractivity contribution in [3.8, 4) is 0 Å². The average molecular weight is 170 g/mol. The molecular weight excluding hydrogens is 148 g/mol. The van der Waals surface area contributed by atoms with Gasteiger partial charge in [0.15, 0.2) is 0 Å². The zero-order valence-corrected chi connectivity index (χ0v) is 8.68. The Morgan fingerprint density at radius 1 is 1.33 bits per heavy atom. The molecule has 1 unspecified atom stereocenters. The van der Waals surface area contributed by atoms with Crippen LogP contribution in [0.5, 0.6) is 0 Å². The Hall–Kier alpha value is -0.300. The van der Waals surface area contributed by atoms with E-state index in [1.807, 2.05) is 6.92 Å². The Morgan fingerprint density at radius 3 is 2.58 bits per heavy atom. The molecule has 0 aromatic carbocycles. The molecule has 0 rings (SSSR count). The van der Waals surface area contributed by atoms with Gasteiger partial charge in [0, 0.05) is 0 Å². The van der Waals surface area contributed by atoms with Crippen LogP contribution in [0.15, 0.2) is 12.2 Å². The smallest absolute Gasteiger partial charge is 0.0572 e. The molecule has 12 heavy (non-hydrogen) atoms. The highest BCUT2D eigenvalue weighted by Gasteiger charge is 2.02. The van der Waals surface area contributed by atoms with Crippen LogP contribution in [-0.4, -0.2) is 12.7 Å². The van der Waals surface area contributed by atoms with E-state index in [9.17, 15) is 0 Å². The molecule has 0 N–H and O–H groups in total. The highest BCUT2D eigenvalue weighted by molar-refractivity contribution is 4.76. The Bertz CT molecular complexity index is 108. The maximum Gasteiger partial charge on any atom is 0.0572 e. The third kappa shape index (κ3) is 6.41. The van der Waals surface area contributed by atoms with E-state index in [4.69, 9.17) is 4.74 Å². The second-order valence-corrected chi connectivity index (χ2v) is 3.05. The summed E-state index contributed by atoms with van der Waals surface area (Å²) in [5.41, 5.74) is 0. The number of hydrogen-bond acceptors (Lipinski definition) is 1. The summed E-state index contributed by atoms with van der Waals surface area (Å²) in [4.78, 5) is 0. The third-order valence-corrected chi connectivity index (χ3v) is 1.94. The van der Waals surface area contributed by atoms with E-state index in [1.54, 1.807) is 0 Å². The molecule has 0 radical (unpaired) electrons. The number of rotatable bonds is 7. The second kappa shape index (κ2) is 8.79. The predicted octanol–water partition coefficient (Wildman–Crippen LogP) is 3.55. The van der Waals surface area contributed by atoms with Crippen molar-refractivity contribution in [3.63, 3.8) is 0 Å². The van der Waals surface area contributed by atoms with Gasteiger partial charge >= 0.3 is 0 Å². The van der Waals surface area contributed by atoms with Gasteiger partial charge < -0.3 is 4.74 Å². The molecule has 0 saturated carbocycles. The Kier molecular flexibility index (Phi) is 8.57. The monoisotopic (exact) mass is 170 g/mol. The first kappa shape index (κ1) is 11.7. The molecule has 0 saturated heterocycles. The molecule has 0 aromatic rings. The largest absolute Gasteiger partial charge is 0.378 e. The lowest BCUT2D eigenvalue weighted by atomic mass is 10.1. The Morgan fingerprint density at radius 2 is 2.08 bits per heavy atom. The fraction of sp³-hybridized carbons (Fsp3) is 0.818. The van der Waals surface area contributed by atoms with Crippen molar-refractivity contribution in [2.75, 3.05) is 6.61 Å². The minimum atomic E-state index is 0.486. The molecule has 0 spiro atoms. The summed E-state index contributed by atoms with van der Waals surface area (Å²) >= 11 is 0. The highest BCUT2D eigenvalue weighted by atomic mass is 16.5. The molecular formula is C11H22O. The first-order valence-corrected chi connectivity index (χ1v) is 5.07. The maximum absolute atomic E-state index is 5.68. The highest BCUT2D eigenvalue weighted by Crippen LogP contribution is 2.06. The van der Waals surface area contributed by atoms with Crippen molar-refractivity contribution in [3.05, 3.63) is 12.2 Å². The van der Waals surface area contributed by atoms with Crippen molar-refractivity contribution in [1.29, 1.82) is 0 Å². The van der Waals surface area contributed by atoms with Gasteiger partial charge in [0.2, 0.25) is 0 Å². The fourth-order valence-electron chi connectivity index (χ4n) is 1.20. The third-order valence-electron chi connectivity index (χ3n) is 1.94. The fourth-order valence-corrected chi connectivity index (χ4v) is 1.20. The van der Waals surface area contributed by atoms with Crippen LogP contribution < -0.4 is 0 Å². The van der Waals surface area contributed by atoms with E-state index in [0.29, 0.717) is 6.10 Å². The molecule has 0 fully saturated rings. The van der Waals surface area contributed by atoms with Crippen molar-refractivity contribution in [1.82, 2.24) is 0 Å². The van der Waals surface area contributed by atoms with Gasteiger partial charge in [0.25, 0.3) is 0 Å². The zero-order chi connectivity index (χ0) is 9.23. The Balaban J connectivity index is 3.31.